The molecule has 0 spiro atoms. The second-order valence-corrected chi connectivity index (χ2v) is 8.22. The Morgan fingerprint density at radius 1 is 1.50 bits per heavy atom. The highest BCUT2D eigenvalue weighted by atomic mass is 79.9. The first-order valence-corrected chi connectivity index (χ1v) is 8.04. The minimum absolute atomic E-state index is 0.0329. The van der Waals surface area contributed by atoms with Crippen LogP contribution in [0.25, 0.3) is 0 Å². The Labute approximate surface area is 121 Å². The van der Waals surface area contributed by atoms with Crippen molar-refractivity contribution in [2.45, 2.75) is 45.3 Å². The van der Waals surface area contributed by atoms with Crippen molar-refractivity contribution in [2.24, 2.45) is 11.8 Å². The van der Waals surface area contributed by atoms with Crippen molar-refractivity contribution in [3.63, 3.8) is 0 Å². The van der Waals surface area contributed by atoms with E-state index < -0.39 is 0 Å². The minimum Gasteiger partial charge on any atom is -0.366 e. The van der Waals surface area contributed by atoms with E-state index >= 15 is 0 Å². The molecule has 1 aliphatic heterocycles. The Hall–Kier alpha value is -0.190. The summed E-state index contributed by atoms with van der Waals surface area (Å²) >= 11 is 5.14. The first-order valence-electron chi connectivity index (χ1n) is 6.43. The van der Waals surface area contributed by atoms with Crippen LogP contribution in [0.1, 0.15) is 44.6 Å². The first-order chi connectivity index (χ1) is 8.47. The van der Waals surface area contributed by atoms with Crippen molar-refractivity contribution in [2.75, 3.05) is 0 Å². The van der Waals surface area contributed by atoms with Gasteiger partial charge < -0.3 is 4.74 Å². The van der Waals surface area contributed by atoms with Gasteiger partial charge in [0.05, 0.1) is 10.5 Å². The fourth-order valence-electron chi connectivity index (χ4n) is 3.16. The molecular formula is C14H18BrNOS. The molecule has 3 rings (SSSR count). The van der Waals surface area contributed by atoms with E-state index in [1.165, 1.54) is 16.9 Å². The zero-order valence-electron chi connectivity index (χ0n) is 10.9. The molecule has 4 heteroatoms. The number of fused-ring (bicyclic) bond motifs is 2. The maximum absolute atomic E-state index is 6.42. The fourth-order valence-corrected chi connectivity index (χ4v) is 4.55. The average molecular weight is 328 g/mol. The molecule has 1 aromatic rings. The van der Waals surface area contributed by atoms with Crippen LogP contribution in [0.3, 0.4) is 0 Å². The molecule has 98 valence electrons. The molecule has 3 unspecified atom stereocenters. The van der Waals surface area contributed by atoms with Crippen molar-refractivity contribution in [3.05, 3.63) is 26.6 Å². The Bertz CT molecular complexity index is 494. The summed E-state index contributed by atoms with van der Waals surface area (Å²) < 4.78 is 7.36. The Balaban J connectivity index is 1.98. The molecule has 1 saturated heterocycles. The minimum atomic E-state index is -0.0329. The number of halogens is 1. The van der Waals surface area contributed by atoms with Gasteiger partial charge in [-0.2, -0.15) is 0 Å². The number of hydrogen-bond acceptors (Lipinski definition) is 3. The van der Waals surface area contributed by atoms with Gasteiger partial charge in [0.25, 0.3) is 0 Å². The molecule has 18 heavy (non-hydrogen) atoms. The molecule has 2 bridgehead atoms. The van der Waals surface area contributed by atoms with E-state index in [9.17, 15) is 0 Å². The molecule has 3 atom stereocenters. The van der Waals surface area contributed by atoms with Gasteiger partial charge in [0, 0.05) is 12.1 Å². The summed E-state index contributed by atoms with van der Waals surface area (Å²) in [4.78, 5) is 5.55. The molecular weight excluding hydrogens is 310 g/mol. The van der Waals surface area contributed by atoms with Gasteiger partial charge in [0.2, 0.25) is 0 Å². The lowest BCUT2D eigenvalue weighted by Crippen LogP contribution is -2.45. The summed E-state index contributed by atoms with van der Waals surface area (Å²) in [5, 5.41) is 0. The van der Waals surface area contributed by atoms with Crippen molar-refractivity contribution in [1.29, 1.82) is 0 Å². The molecule has 2 heterocycles. The van der Waals surface area contributed by atoms with E-state index in [0.29, 0.717) is 11.8 Å². The Morgan fingerprint density at radius 2 is 2.28 bits per heavy atom. The van der Waals surface area contributed by atoms with E-state index in [0.717, 1.165) is 10.3 Å². The predicted molar refractivity (Wildman–Crippen MR) is 77.7 cm³/mol. The Kier molecular flexibility index (Phi) is 3.15. The number of ether oxygens (including phenoxy) is 1. The largest absolute Gasteiger partial charge is 0.366 e. The van der Waals surface area contributed by atoms with Crippen LogP contribution in [-0.2, 0) is 4.74 Å². The van der Waals surface area contributed by atoms with Crippen molar-refractivity contribution >= 4 is 27.3 Å². The predicted octanol–water partition coefficient (Wildman–Crippen LogP) is 4.73. The number of nitrogens with zero attached hydrogens (tertiary/aromatic N) is 1. The molecule has 1 fully saturated rings. The fraction of sp³-hybridized carbons (Fsp3) is 0.643. The van der Waals surface area contributed by atoms with Gasteiger partial charge in [-0.3, -0.25) is 0 Å². The summed E-state index contributed by atoms with van der Waals surface area (Å²) in [6.45, 7) is 6.70. The van der Waals surface area contributed by atoms with Gasteiger partial charge in [-0.25, -0.2) is 4.98 Å². The normalized spacial score (nSPS) is 34.2. The van der Waals surface area contributed by atoms with Gasteiger partial charge in [0.1, 0.15) is 6.10 Å². The quantitative estimate of drug-likeness (QED) is 0.696. The van der Waals surface area contributed by atoms with Crippen LogP contribution >= 0.6 is 27.3 Å². The van der Waals surface area contributed by atoms with E-state index in [1.54, 1.807) is 11.3 Å². The SMILES string of the molecule is CC1=CCC2CC1C(c1cnc(Br)s1)OC2(C)C. The average Bonchev–Trinajstić information content (AvgIpc) is 2.73. The molecule has 2 aliphatic rings. The second-order valence-electron chi connectivity index (χ2n) is 5.88. The third kappa shape index (κ3) is 2.08. The van der Waals surface area contributed by atoms with Crippen LogP contribution in [0, 0.1) is 11.8 Å². The van der Waals surface area contributed by atoms with Crippen molar-refractivity contribution in [1.82, 2.24) is 4.98 Å². The third-order valence-corrected chi connectivity index (χ3v) is 5.94. The third-order valence-electron chi connectivity index (χ3n) is 4.40. The highest BCUT2D eigenvalue weighted by Gasteiger charge is 2.45. The molecule has 0 aromatic carbocycles. The van der Waals surface area contributed by atoms with E-state index in [-0.39, 0.29) is 11.7 Å². The van der Waals surface area contributed by atoms with Crippen LogP contribution in [0.5, 0.6) is 0 Å². The van der Waals surface area contributed by atoms with Gasteiger partial charge >= 0.3 is 0 Å². The van der Waals surface area contributed by atoms with Gasteiger partial charge in [0.15, 0.2) is 3.92 Å². The van der Waals surface area contributed by atoms with Crippen LogP contribution in [0.15, 0.2) is 21.8 Å². The van der Waals surface area contributed by atoms with Crippen molar-refractivity contribution < 1.29 is 4.74 Å². The number of aromatic nitrogens is 1. The smallest absolute Gasteiger partial charge is 0.159 e. The highest BCUT2D eigenvalue weighted by molar-refractivity contribution is 9.11. The lowest BCUT2D eigenvalue weighted by Gasteiger charge is -2.49. The monoisotopic (exact) mass is 327 g/mol. The maximum Gasteiger partial charge on any atom is 0.159 e. The molecule has 1 aliphatic carbocycles. The lowest BCUT2D eigenvalue weighted by molar-refractivity contribution is -0.165. The zero-order chi connectivity index (χ0) is 12.9. The van der Waals surface area contributed by atoms with E-state index in [4.69, 9.17) is 4.74 Å². The molecule has 0 N–H and O–H groups in total. The molecule has 2 nitrogen and oxygen atoms in total. The van der Waals surface area contributed by atoms with E-state index in [1.807, 2.05) is 6.20 Å². The summed E-state index contributed by atoms with van der Waals surface area (Å²) in [5.41, 5.74) is 1.45. The standard InChI is InChI=1S/C14H18BrNOS/c1-8-4-5-9-6-10(8)12(17-14(9,2)3)11-7-16-13(15)18-11/h4,7,9-10,12H,5-6H2,1-3H3. The summed E-state index contributed by atoms with van der Waals surface area (Å²) in [7, 11) is 0. The highest BCUT2D eigenvalue weighted by Crippen LogP contribution is 2.51. The van der Waals surface area contributed by atoms with Gasteiger partial charge in [-0.05, 0) is 55.5 Å². The summed E-state index contributed by atoms with van der Waals surface area (Å²) in [6, 6.07) is 0. The molecule has 0 radical (unpaired) electrons. The molecule has 0 amide bonds. The Morgan fingerprint density at radius 3 is 2.94 bits per heavy atom. The summed E-state index contributed by atoms with van der Waals surface area (Å²) in [6.07, 6.45) is 6.95. The molecule has 0 saturated carbocycles. The van der Waals surface area contributed by atoms with Gasteiger partial charge in [-0.1, -0.05) is 11.6 Å². The van der Waals surface area contributed by atoms with E-state index in [2.05, 4.69) is 47.8 Å². The number of thiazole rings is 1. The lowest BCUT2D eigenvalue weighted by atomic mass is 9.69. The topological polar surface area (TPSA) is 22.1 Å². The van der Waals surface area contributed by atoms with Crippen molar-refractivity contribution in [3.8, 4) is 0 Å². The van der Waals surface area contributed by atoms with Crippen LogP contribution < -0.4 is 0 Å². The maximum atomic E-state index is 6.42. The molecule has 1 aromatic heterocycles. The van der Waals surface area contributed by atoms with Crippen LogP contribution in [0.2, 0.25) is 0 Å². The number of allylic oxidation sites excluding steroid dienone is 1. The number of hydrogen-bond donors (Lipinski definition) is 0. The second kappa shape index (κ2) is 4.43. The van der Waals surface area contributed by atoms with Crippen LogP contribution in [0.4, 0.5) is 0 Å². The number of rotatable bonds is 1. The van der Waals surface area contributed by atoms with Crippen LogP contribution in [-0.4, -0.2) is 10.6 Å². The zero-order valence-corrected chi connectivity index (χ0v) is 13.3. The van der Waals surface area contributed by atoms with Gasteiger partial charge in [-0.15, -0.1) is 11.3 Å². The first kappa shape index (κ1) is 12.8. The summed E-state index contributed by atoms with van der Waals surface area (Å²) in [5.74, 6) is 1.18.